The van der Waals surface area contributed by atoms with Gasteiger partial charge in [-0.2, -0.15) is 0 Å². The van der Waals surface area contributed by atoms with Crippen LogP contribution in [-0.2, 0) is 5.54 Å². The van der Waals surface area contributed by atoms with Crippen molar-refractivity contribution in [2.24, 2.45) is 5.73 Å². The van der Waals surface area contributed by atoms with Crippen molar-refractivity contribution in [1.82, 2.24) is 0 Å². The van der Waals surface area contributed by atoms with Crippen LogP contribution in [0, 0.1) is 0 Å². The van der Waals surface area contributed by atoms with E-state index in [4.69, 9.17) is 22.1 Å². The molecule has 1 aliphatic rings. The number of ether oxygens (including phenoxy) is 1. The van der Waals surface area contributed by atoms with Crippen molar-refractivity contribution in [3.05, 3.63) is 28.8 Å². The summed E-state index contributed by atoms with van der Waals surface area (Å²) >= 11 is 5.87. The molecule has 76 valence electrons. The average molecular weight is 214 g/mol. The topological polar surface area (TPSA) is 55.5 Å². The van der Waals surface area contributed by atoms with E-state index in [1.54, 1.807) is 18.2 Å². The maximum atomic E-state index is 9.26. The van der Waals surface area contributed by atoms with Crippen molar-refractivity contribution in [2.75, 3.05) is 13.2 Å². The second-order valence-corrected chi connectivity index (χ2v) is 3.99. The van der Waals surface area contributed by atoms with Gasteiger partial charge < -0.3 is 15.6 Å². The Morgan fingerprint density at radius 3 is 3.07 bits per heavy atom. The van der Waals surface area contributed by atoms with E-state index >= 15 is 0 Å². The van der Waals surface area contributed by atoms with Gasteiger partial charge in [0, 0.05) is 17.0 Å². The smallest absolute Gasteiger partial charge is 0.124 e. The van der Waals surface area contributed by atoms with Crippen LogP contribution in [0.5, 0.6) is 5.75 Å². The minimum absolute atomic E-state index is 0.0935. The Balaban J connectivity index is 2.52. The predicted molar refractivity (Wildman–Crippen MR) is 54.5 cm³/mol. The van der Waals surface area contributed by atoms with Gasteiger partial charge in [0.15, 0.2) is 0 Å². The quantitative estimate of drug-likeness (QED) is 0.739. The maximum Gasteiger partial charge on any atom is 0.124 e. The van der Waals surface area contributed by atoms with Gasteiger partial charge in [-0.1, -0.05) is 11.6 Å². The molecule has 1 heterocycles. The molecule has 1 aliphatic heterocycles. The van der Waals surface area contributed by atoms with E-state index in [1.165, 1.54) is 0 Å². The van der Waals surface area contributed by atoms with Gasteiger partial charge in [-0.3, -0.25) is 0 Å². The van der Waals surface area contributed by atoms with Gasteiger partial charge in [0.05, 0.1) is 18.8 Å². The first-order chi connectivity index (χ1) is 6.65. The zero-order chi connectivity index (χ0) is 10.2. The molecule has 1 atom stereocenters. The van der Waals surface area contributed by atoms with Crippen LogP contribution in [0.4, 0.5) is 0 Å². The van der Waals surface area contributed by atoms with E-state index in [9.17, 15) is 5.11 Å². The number of halogens is 1. The highest BCUT2D eigenvalue weighted by Gasteiger charge is 2.33. The number of benzene rings is 1. The van der Waals surface area contributed by atoms with E-state index < -0.39 is 5.54 Å². The van der Waals surface area contributed by atoms with Crippen LogP contribution in [0.15, 0.2) is 18.2 Å². The zero-order valence-corrected chi connectivity index (χ0v) is 8.42. The summed E-state index contributed by atoms with van der Waals surface area (Å²) in [4.78, 5) is 0. The minimum Gasteiger partial charge on any atom is -0.493 e. The van der Waals surface area contributed by atoms with Crippen LogP contribution in [0.2, 0.25) is 5.02 Å². The first-order valence-electron chi connectivity index (χ1n) is 4.48. The van der Waals surface area contributed by atoms with Crippen molar-refractivity contribution < 1.29 is 9.84 Å². The van der Waals surface area contributed by atoms with Gasteiger partial charge in [-0.15, -0.1) is 0 Å². The van der Waals surface area contributed by atoms with Crippen LogP contribution in [0.25, 0.3) is 0 Å². The Morgan fingerprint density at radius 1 is 1.57 bits per heavy atom. The molecule has 0 aromatic heterocycles. The van der Waals surface area contributed by atoms with Crippen LogP contribution in [-0.4, -0.2) is 18.3 Å². The minimum atomic E-state index is -0.710. The van der Waals surface area contributed by atoms with Crippen molar-refractivity contribution >= 4 is 11.6 Å². The Kier molecular flexibility index (Phi) is 2.39. The van der Waals surface area contributed by atoms with Crippen molar-refractivity contribution in [2.45, 2.75) is 12.0 Å². The predicted octanol–water partition coefficient (Wildman–Crippen LogP) is 1.27. The first-order valence-corrected chi connectivity index (χ1v) is 4.86. The lowest BCUT2D eigenvalue weighted by Gasteiger charge is -2.33. The third kappa shape index (κ3) is 1.47. The second-order valence-electron chi connectivity index (χ2n) is 3.55. The number of hydrogen-bond donors (Lipinski definition) is 2. The highest BCUT2D eigenvalue weighted by atomic mass is 35.5. The third-order valence-electron chi connectivity index (χ3n) is 2.57. The molecule has 1 aromatic carbocycles. The number of aliphatic hydroxyl groups is 1. The van der Waals surface area contributed by atoms with E-state index in [0.29, 0.717) is 18.1 Å². The fourth-order valence-corrected chi connectivity index (χ4v) is 1.83. The number of fused-ring (bicyclic) bond motifs is 1. The summed E-state index contributed by atoms with van der Waals surface area (Å²) in [6.45, 7) is 0.440. The Bertz CT molecular complexity index is 356. The molecule has 3 N–H and O–H groups in total. The Hall–Kier alpha value is -0.770. The molecule has 14 heavy (non-hydrogen) atoms. The number of hydrogen-bond acceptors (Lipinski definition) is 3. The molecule has 1 aromatic rings. The second kappa shape index (κ2) is 3.42. The summed E-state index contributed by atoms with van der Waals surface area (Å²) in [5.41, 5.74) is 6.13. The molecular formula is C10H12ClNO2. The number of rotatable bonds is 1. The monoisotopic (exact) mass is 213 g/mol. The highest BCUT2D eigenvalue weighted by molar-refractivity contribution is 6.30. The van der Waals surface area contributed by atoms with Crippen LogP contribution < -0.4 is 10.5 Å². The summed E-state index contributed by atoms with van der Waals surface area (Å²) in [6, 6.07) is 5.30. The molecule has 0 fully saturated rings. The standard InChI is InChI=1S/C10H12ClNO2/c11-7-1-2-9-8(5-7)10(12,6-13)3-4-14-9/h1-2,5,13H,3-4,6,12H2. The molecule has 0 spiro atoms. The van der Waals surface area contributed by atoms with E-state index in [0.717, 1.165) is 11.3 Å². The molecule has 4 heteroatoms. The lowest BCUT2D eigenvalue weighted by atomic mass is 9.86. The molecule has 1 unspecified atom stereocenters. The molecule has 2 rings (SSSR count). The SMILES string of the molecule is NC1(CO)CCOc2ccc(Cl)cc21. The lowest BCUT2D eigenvalue weighted by molar-refractivity contribution is 0.138. The fraction of sp³-hybridized carbons (Fsp3) is 0.400. The van der Waals surface area contributed by atoms with Crippen molar-refractivity contribution in [3.8, 4) is 5.75 Å². The molecule has 0 aliphatic carbocycles. The molecule has 0 bridgehead atoms. The van der Waals surface area contributed by atoms with Gasteiger partial charge in [-0.25, -0.2) is 0 Å². The molecular weight excluding hydrogens is 202 g/mol. The van der Waals surface area contributed by atoms with E-state index in [-0.39, 0.29) is 6.61 Å². The summed E-state index contributed by atoms with van der Waals surface area (Å²) in [5.74, 6) is 0.720. The van der Waals surface area contributed by atoms with Crippen molar-refractivity contribution in [3.63, 3.8) is 0 Å². The Morgan fingerprint density at radius 2 is 2.36 bits per heavy atom. The van der Waals surface area contributed by atoms with Crippen LogP contribution in [0.3, 0.4) is 0 Å². The van der Waals surface area contributed by atoms with Gasteiger partial charge in [0.1, 0.15) is 5.75 Å². The highest BCUT2D eigenvalue weighted by Crippen LogP contribution is 2.36. The molecule has 0 saturated carbocycles. The molecule has 0 saturated heterocycles. The maximum absolute atomic E-state index is 9.26. The van der Waals surface area contributed by atoms with Gasteiger partial charge in [0.25, 0.3) is 0 Å². The fourth-order valence-electron chi connectivity index (χ4n) is 1.66. The summed E-state index contributed by atoms with van der Waals surface area (Å²) in [5, 5.41) is 9.87. The number of nitrogens with two attached hydrogens (primary N) is 1. The van der Waals surface area contributed by atoms with E-state index in [2.05, 4.69) is 0 Å². The zero-order valence-electron chi connectivity index (χ0n) is 7.66. The average Bonchev–Trinajstić information content (AvgIpc) is 2.20. The lowest BCUT2D eigenvalue weighted by Crippen LogP contribution is -2.44. The molecule has 0 radical (unpaired) electrons. The first kappa shape index (κ1) is 9.77. The van der Waals surface area contributed by atoms with E-state index in [1.807, 2.05) is 0 Å². The molecule has 3 nitrogen and oxygen atoms in total. The van der Waals surface area contributed by atoms with Crippen LogP contribution in [0.1, 0.15) is 12.0 Å². The summed E-state index contributed by atoms with van der Waals surface area (Å²) in [7, 11) is 0. The Labute approximate surface area is 87.4 Å². The van der Waals surface area contributed by atoms with Gasteiger partial charge >= 0.3 is 0 Å². The summed E-state index contributed by atoms with van der Waals surface area (Å²) < 4.78 is 5.43. The summed E-state index contributed by atoms with van der Waals surface area (Å²) in [6.07, 6.45) is 0.608. The number of aliphatic hydroxyl groups excluding tert-OH is 1. The van der Waals surface area contributed by atoms with Gasteiger partial charge in [0.2, 0.25) is 0 Å². The van der Waals surface area contributed by atoms with Crippen LogP contribution >= 0.6 is 11.6 Å². The third-order valence-corrected chi connectivity index (χ3v) is 2.80. The van der Waals surface area contributed by atoms with Gasteiger partial charge in [-0.05, 0) is 18.2 Å². The largest absolute Gasteiger partial charge is 0.493 e. The van der Waals surface area contributed by atoms with Crippen molar-refractivity contribution in [1.29, 1.82) is 0 Å². The molecule has 0 amide bonds. The normalized spacial score (nSPS) is 25.4.